The second-order valence-electron chi connectivity index (χ2n) is 10.1. The summed E-state index contributed by atoms with van der Waals surface area (Å²) in [6, 6.07) is 6.95. The summed E-state index contributed by atoms with van der Waals surface area (Å²) in [5.74, 6) is 0.961. The third-order valence-electron chi connectivity index (χ3n) is 7.55. The summed E-state index contributed by atoms with van der Waals surface area (Å²) in [5, 5.41) is 3.17. The van der Waals surface area contributed by atoms with E-state index in [4.69, 9.17) is 14.7 Å². The molecule has 6 nitrogen and oxygen atoms in total. The average Bonchev–Trinajstić information content (AvgIpc) is 3.15. The number of halogens is 6. The maximum atomic E-state index is 13.7. The Labute approximate surface area is 227 Å². The molecule has 1 N–H and O–H groups in total. The van der Waals surface area contributed by atoms with Crippen LogP contribution in [-0.4, -0.2) is 41.3 Å². The number of fused-ring (bicyclic) bond motifs is 1. The normalized spacial score (nSPS) is 20.1. The number of aromatic nitrogens is 3. The SMILES string of the molecule is COC1CCCC(c2nc3c(c(Nc4ccc(C(F)(F)F)cc4)n2)CCN(c2ncccc2C(F)(F)F)CC3)C1. The van der Waals surface area contributed by atoms with Crippen LogP contribution in [0.2, 0.25) is 0 Å². The Morgan fingerprint density at radius 1 is 0.925 bits per heavy atom. The zero-order chi connectivity index (χ0) is 28.5. The van der Waals surface area contributed by atoms with Gasteiger partial charge >= 0.3 is 12.4 Å². The molecule has 5 rings (SSSR count). The molecule has 1 aromatic carbocycles. The van der Waals surface area contributed by atoms with Crippen molar-refractivity contribution in [1.82, 2.24) is 15.0 Å². The maximum Gasteiger partial charge on any atom is 0.419 e. The molecule has 2 aromatic heterocycles. The Morgan fingerprint density at radius 2 is 1.68 bits per heavy atom. The molecule has 2 atom stereocenters. The van der Waals surface area contributed by atoms with Crippen molar-refractivity contribution in [2.24, 2.45) is 0 Å². The molecule has 12 heteroatoms. The number of methoxy groups -OCH3 is 1. The topological polar surface area (TPSA) is 63.2 Å². The van der Waals surface area contributed by atoms with Gasteiger partial charge in [-0.05, 0) is 62.1 Å². The number of alkyl halides is 6. The fraction of sp³-hybridized carbons (Fsp3) is 0.464. The average molecular weight is 566 g/mol. The summed E-state index contributed by atoms with van der Waals surface area (Å²) in [6.07, 6.45) is -3.41. The lowest BCUT2D eigenvalue weighted by atomic mass is 9.86. The number of anilines is 3. The van der Waals surface area contributed by atoms with Crippen LogP contribution in [0.4, 0.5) is 43.7 Å². The van der Waals surface area contributed by atoms with Crippen LogP contribution < -0.4 is 10.2 Å². The Morgan fingerprint density at radius 3 is 2.38 bits per heavy atom. The molecule has 0 amide bonds. The highest BCUT2D eigenvalue weighted by Gasteiger charge is 2.36. The van der Waals surface area contributed by atoms with E-state index >= 15 is 0 Å². The van der Waals surface area contributed by atoms with Crippen LogP contribution in [0.1, 0.15) is 59.8 Å². The first-order chi connectivity index (χ1) is 19.0. The first-order valence-corrected chi connectivity index (χ1v) is 13.2. The molecule has 0 spiro atoms. The monoisotopic (exact) mass is 565 g/mol. The molecular weight excluding hydrogens is 536 g/mol. The number of hydrogen-bond acceptors (Lipinski definition) is 6. The molecule has 1 fully saturated rings. The van der Waals surface area contributed by atoms with Crippen molar-refractivity contribution in [2.75, 3.05) is 30.4 Å². The van der Waals surface area contributed by atoms with Gasteiger partial charge in [0.05, 0.1) is 22.9 Å². The standard InChI is InChI=1S/C28H29F6N5O/c1-40-20-5-2-4-17(16-20)24-37-23-12-15-39(26-22(28(32,33)34)6-3-13-35-26)14-11-21(23)25(38-24)36-19-9-7-18(8-10-19)27(29,30)31/h3,6-10,13,17,20H,2,4-5,11-12,14-16H2,1H3,(H,36,37,38). The van der Waals surface area contributed by atoms with Crippen molar-refractivity contribution in [1.29, 1.82) is 0 Å². The van der Waals surface area contributed by atoms with Gasteiger partial charge in [-0.25, -0.2) is 15.0 Å². The van der Waals surface area contributed by atoms with Crippen molar-refractivity contribution < 1.29 is 31.1 Å². The number of hydrogen-bond donors (Lipinski definition) is 1. The zero-order valence-corrected chi connectivity index (χ0v) is 21.8. The number of ether oxygens (including phenoxy) is 1. The highest BCUT2D eigenvalue weighted by atomic mass is 19.4. The zero-order valence-electron chi connectivity index (χ0n) is 21.8. The van der Waals surface area contributed by atoms with Crippen molar-refractivity contribution in [3.63, 3.8) is 0 Å². The van der Waals surface area contributed by atoms with E-state index in [0.717, 1.165) is 49.4 Å². The lowest BCUT2D eigenvalue weighted by Gasteiger charge is -2.28. The number of pyridine rings is 1. The summed E-state index contributed by atoms with van der Waals surface area (Å²) < 4.78 is 86.0. The predicted molar refractivity (Wildman–Crippen MR) is 138 cm³/mol. The summed E-state index contributed by atoms with van der Waals surface area (Å²) in [5.41, 5.74) is 0.298. The van der Waals surface area contributed by atoms with E-state index in [1.807, 2.05) is 0 Å². The van der Waals surface area contributed by atoms with Gasteiger partial charge < -0.3 is 15.0 Å². The highest BCUT2D eigenvalue weighted by Crippen LogP contribution is 2.38. The fourth-order valence-electron chi connectivity index (χ4n) is 5.46. The lowest BCUT2D eigenvalue weighted by Crippen LogP contribution is -2.29. The van der Waals surface area contributed by atoms with Crippen LogP contribution in [0.5, 0.6) is 0 Å². The molecule has 3 heterocycles. The Bertz CT molecular complexity index is 1330. The molecule has 0 saturated heterocycles. The molecule has 1 aliphatic heterocycles. The molecule has 2 unspecified atom stereocenters. The van der Waals surface area contributed by atoms with Gasteiger partial charge in [-0.3, -0.25) is 0 Å². The minimum atomic E-state index is -4.55. The van der Waals surface area contributed by atoms with Crippen LogP contribution in [0, 0.1) is 0 Å². The van der Waals surface area contributed by atoms with Crippen LogP contribution in [0.3, 0.4) is 0 Å². The van der Waals surface area contributed by atoms with E-state index in [1.165, 1.54) is 24.4 Å². The summed E-state index contributed by atoms with van der Waals surface area (Å²) in [4.78, 5) is 15.4. The Kier molecular flexibility index (Phi) is 7.89. The van der Waals surface area contributed by atoms with E-state index in [-0.39, 0.29) is 30.9 Å². The largest absolute Gasteiger partial charge is 0.419 e. The van der Waals surface area contributed by atoms with Gasteiger partial charge in [0.2, 0.25) is 0 Å². The van der Waals surface area contributed by atoms with Crippen LogP contribution in [0.25, 0.3) is 0 Å². The first-order valence-electron chi connectivity index (χ1n) is 13.2. The molecule has 0 radical (unpaired) electrons. The number of rotatable bonds is 5. The molecule has 214 valence electrons. The van der Waals surface area contributed by atoms with E-state index in [1.54, 1.807) is 12.0 Å². The highest BCUT2D eigenvalue weighted by molar-refractivity contribution is 5.62. The van der Waals surface area contributed by atoms with Gasteiger partial charge in [0.25, 0.3) is 0 Å². The summed E-state index contributed by atoms with van der Waals surface area (Å²) in [7, 11) is 1.67. The van der Waals surface area contributed by atoms with E-state index in [2.05, 4.69) is 10.3 Å². The quantitative estimate of drug-likeness (QED) is 0.339. The van der Waals surface area contributed by atoms with Gasteiger partial charge in [-0.15, -0.1) is 0 Å². The number of benzene rings is 1. The van der Waals surface area contributed by atoms with Crippen molar-refractivity contribution >= 4 is 17.3 Å². The van der Waals surface area contributed by atoms with Crippen LogP contribution in [0.15, 0.2) is 42.6 Å². The fourth-order valence-corrected chi connectivity index (χ4v) is 5.46. The van der Waals surface area contributed by atoms with Crippen molar-refractivity contribution in [3.05, 3.63) is 70.8 Å². The smallest absolute Gasteiger partial charge is 0.381 e. The third kappa shape index (κ3) is 6.16. The molecule has 3 aromatic rings. The summed E-state index contributed by atoms with van der Waals surface area (Å²) in [6.45, 7) is 0.515. The second-order valence-corrected chi connectivity index (χ2v) is 10.1. The number of nitrogens with one attached hydrogen (secondary N) is 1. The van der Waals surface area contributed by atoms with Gasteiger partial charge in [0, 0.05) is 50.0 Å². The van der Waals surface area contributed by atoms with Crippen LogP contribution in [-0.2, 0) is 29.9 Å². The third-order valence-corrected chi connectivity index (χ3v) is 7.55. The first kappa shape index (κ1) is 28.1. The predicted octanol–water partition coefficient (Wildman–Crippen LogP) is 6.93. The van der Waals surface area contributed by atoms with Crippen molar-refractivity contribution in [3.8, 4) is 0 Å². The molecule has 1 aliphatic carbocycles. The van der Waals surface area contributed by atoms with E-state index in [0.29, 0.717) is 35.9 Å². The Hall–Kier alpha value is -3.41. The Balaban J connectivity index is 1.49. The minimum absolute atomic E-state index is 0.0316. The van der Waals surface area contributed by atoms with Crippen molar-refractivity contribution in [2.45, 2.75) is 62.9 Å². The van der Waals surface area contributed by atoms with Gasteiger partial charge in [0.1, 0.15) is 17.5 Å². The molecular formula is C28H29F6N5O. The van der Waals surface area contributed by atoms with Gasteiger partial charge in [0.15, 0.2) is 0 Å². The van der Waals surface area contributed by atoms with Gasteiger partial charge in [-0.2, -0.15) is 26.3 Å². The second kappa shape index (κ2) is 11.2. The van der Waals surface area contributed by atoms with E-state index in [9.17, 15) is 26.3 Å². The molecule has 0 bridgehead atoms. The lowest BCUT2D eigenvalue weighted by molar-refractivity contribution is -0.138. The maximum absolute atomic E-state index is 13.7. The van der Waals surface area contributed by atoms with Crippen LogP contribution >= 0.6 is 0 Å². The molecule has 1 saturated carbocycles. The summed E-state index contributed by atoms with van der Waals surface area (Å²) >= 11 is 0. The molecule has 40 heavy (non-hydrogen) atoms. The van der Waals surface area contributed by atoms with E-state index < -0.39 is 23.5 Å². The minimum Gasteiger partial charge on any atom is -0.381 e. The van der Waals surface area contributed by atoms with Gasteiger partial charge in [-0.1, -0.05) is 6.42 Å². The molecule has 2 aliphatic rings. The number of nitrogens with zero attached hydrogens (tertiary/aromatic N) is 4.